The molecule has 2 nitrogen and oxygen atoms in total. The van der Waals surface area contributed by atoms with E-state index in [1.165, 1.54) is 0 Å². The normalized spacial score (nSPS) is 47.6. The van der Waals surface area contributed by atoms with Gasteiger partial charge in [0.2, 0.25) is 0 Å². The minimum absolute atomic E-state index is 0.500. The van der Waals surface area contributed by atoms with Crippen molar-refractivity contribution < 1.29 is 0 Å². The topological polar surface area (TPSA) is 24.1 Å². The van der Waals surface area contributed by atoms with E-state index in [0.717, 1.165) is 0 Å². The molecule has 1 unspecified atom stereocenters. The number of rotatable bonds is 0. The summed E-state index contributed by atoms with van der Waals surface area (Å²) in [4.78, 5) is 0. The van der Waals surface area contributed by atoms with Gasteiger partial charge in [-0.3, -0.25) is 10.6 Å². The summed E-state index contributed by atoms with van der Waals surface area (Å²) in [6.07, 6.45) is 0.500. The lowest BCUT2D eigenvalue weighted by atomic mass is 10.2. The molecule has 0 aromatic rings. The number of hydrogen-bond donors (Lipinski definition) is 2. The van der Waals surface area contributed by atoms with Crippen LogP contribution >= 0.6 is 0 Å². The van der Waals surface area contributed by atoms with Crippen molar-refractivity contribution in [2.45, 2.75) is 39.0 Å². The van der Waals surface area contributed by atoms with Gasteiger partial charge in [-0.25, -0.2) is 0 Å². The van der Waals surface area contributed by atoms with Crippen LogP contribution in [0.3, 0.4) is 0 Å². The van der Waals surface area contributed by atoms with Crippen molar-refractivity contribution in [1.82, 2.24) is 10.6 Å². The van der Waals surface area contributed by atoms with Crippen LogP contribution in [0.5, 0.6) is 0 Å². The van der Waals surface area contributed by atoms with E-state index in [9.17, 15) is 0 Å². The van der Waals surface area contributed by atoms with Gasteiger partial charge >= 0.3 is 0 Å². The summed E-state index contributed by atoms with van der Waals surface area (Å²) in [7, 11) is 0. The molecule has 2 N–H and O–H groups in total. The maximum absolute atomic E-state index is 3.36. The summed E-state index contributed by atoms with van der Waals surface area (Å²) in [6, 6.07) is 1.26. The van der Waals surface area contributed by atoms with Crippen LogP contribution in [0.1, 0.15) is 20.8 Å². The molecule has 48 valence electrons. The van der Waals surface area contributed by atoms with Crippen LogP contribution in [-0.2, 0) is 0 Å². The summed E-state index contributed by atoms with van der Waals surface area (Å²) >= 11 is 0. The van der Waals surface area contributed by atoms with Gasteiger partial charge in [-0.2, -0.15) is 0 Å². The van der Waals surface area contributed by atoms with Crippen LogP contribution in [0, 0.1) is 0 Å². The van der Waals surface area contributed by atoms with Crippen molar-refractivity contribution in [2.24, 2.45) is 0 Å². The van der Waals surface area contributed by atoms with Crippen molar-refractivity contribution in [1.29, 1.82) is 0 Å². The van der Waals surface area contributed by atoms with E-state index >= 15 is 0 Å². The molecule has 0 aliphatic carbocycles. The predicted molar refractivity (Wildman–Crippen MR) is 34.7 cm³/mol. The fourth-order valence-corrected chi connectivity index (χ4v) is 1.13. The van der Waals surface area contributed by atoms with Crippen LogP contribution in [-0.4, -0.2) is 18.2 Å². The third-order valence-electron chi connectivity index (χ3n) is 1.78. The van der Waals surface area contributed by atoms with Gasteiger partial charge < -0.3 is 0 Å². The Bertz CT molecular complexity index is 72.6. The van der Waals surface area contributed by atoms with E-state index in [0.29, 0.717) is 18.2 Å². The van der Waals surface area contributed by atoms with Crippen LogP contribution in [0.2, 0.25) is 0 Å². The first kappa shape index (κ1) is 6.05. The number of nitrogens with one attached hydrogen (secondary N) is 2. The lowest BCUT2D eigenvalue weighted by molar-refractivity contribution is 0.575. The monoisotopic (exact) mass is 114 g/mol. The van der Waals surface area contributed by atoms with Crippen molar-refractivity contribution >= 4 is 0 Å². The first-order valence-electron chi connectivity index (χ1n) is 3.22. The smallest absolute Gasteiger partial charge is 0.0547 e. The Hall–Kier alpha value is -0.0800. The molecule has 1 heterocycles. The molecule has 0 spiro atoms. The first-order chi connectivity index (χ1) is 3.70. The minimum atomic E-state index is 0.500. The second-order valence-electron chi connectivity index (χ2n) is 2.63. The quantitative estimate of drug-likeness (QED) is 0.473. The van der Waals surface area contributed by atoms with Gasteiger partial charge in [-0.1, -0.05) is 0 Å². The second kappa shape index (κ2) is 2.03. The van der Waals surface area contributed by atoms with E-state index < -0.39 is 0 Å². The Morgan fingerprint density at radius 3 is 1.38 bits per heavy atom. The molecule has 8 heavy (non-hydrogen) atoms. The third-order valence-corrected chi connectivity index (χ3v) is 1.78. The molecule has 3 atom stereocenters. The first-order valence-corrected chi connectivity index (χ1v) is 3.22. The molecule has 0 aromatic carbocycles. The van der Waals surface area contributed by atoms with Gasteiger partial charge in [0.25, 0.3) is 0 Å². The SMILES string of the molecule is CC1N[C@H](C)N[C@@H]1C. The van der Waals surface area contributed by atoms with Crippen molar-refractivity contribution in [2.75, 3.05) is 0 Å². The molecule has 0 bridgehead atoms. The highest BCUT2D eigenvalue weighted by Gasteiger charge is 2.21. The van der Waals surface area contributed by atoms with Gasteiger partial charge in [0.05, 0.1) is 6.17 Å². The summed E-state index contributed by atoms with van der Waals surface area (Å²) in [6.45, 7) is 6.53. The largest absolute Gasteiger partial charge is 0.298 e. The molecule has 1 rings (SSSR count). The van der Waals surface area contributed by atoms with Gasteiger partial charge in [-0.15, -0.1) is 0 Å². The van der Waals surface area contributed by atoms with Crippen molar-refractivity contribution in [3.8, 4) is 0 Å². The summed E-state index contributed by atoms with van der Waals surface area (Å²) in [5, 5.41) is 6.71. The van der Waals surface area contributed by atoms with E-state index in [1.807, 2.05) is 0 Å². The molecule has 0 radical (unpaired) electrons. The van der Waals surface area contributed by atoms with Gasteiger partial charge in [0.1, 0.15) is 0 Å². The fourth-order valence-electron chi connectivity index (χ4n) is 1.13. The Morgan fingerprint density at radius 2 is 1.25 bits per heavy atom. The van der Waals surface area contributed by atoms with E-state index in [4.69, 9.17) is 0 Å². The molecule has 0 aromatic heterocycles. The molecule has 1 aliphatic heterocycles. The highest BCUT2D eigenvalue weighted by molar-refractivity contribution is 4.84. The highest BCUT2D eigenvalue weighted by Crippen LogP contribution is 2.00. The van der Waals surface area contributed by atoms with Crippen molar-refractivity contribution in [3.05, 3.63) is 0 Å². The minimum Gasteiger partial charge on any atom is -0.298 e. The van der Waals surface area contributed by atoms with E-state index in [1.54, 1.807) is 0 Å². The Balaban J connectivity index is 2.39. The van der Waals surface area contributed by atoms with Crippen LogP contribution in [0.15, 0.2) is 0 Å². The summed E-state index contributed by atoms with van der Waals surface area (Å²) in [5.74, 6) is 0. The van der Waals surface area contributed by atoms with Crippen LogP contribution in [0.25, 0.3) is 0 Å². The number of hydrogen-bond acceptors (Lipinski definition) is 2. The van der Waals surface area contributed by atoms with Gasteiger partial charge in [0.15, 0.2) is 0 Å². The molecular formula is C6H14N2. The molecule has 1 aliphatic rings. The van der Waals surface area contributed by atoms with Gasteiger partial charge in [0, 0.05) is 12.1 Å². The molecule has 1 fully saturated rings. The van der Waals surface area contributed by atoms with E-state index in [-0.39, 0.29) is 0 Å². The zero-order valence-electron chi connectivity index (χ0n) is 5.73. The summed E-state index contributed by atoms with van der Waals surface area (Å²) in [5.41, 5.74) is 0. The Labute approximate surface area is 50.7 Å². The molecule has 0 saturated carbocycles. The molecule has 2 heteroatoms. The predicted octanol–water partition coefficient (Wildman–Crippen LogP) is 0.302. The Kier molecular flexibility index (Phi) is 1.54. The molecule has 0 amide bonds. The van der Waals surface area contributed by atoms with Crippen LogP contribution < -0.4 is 10.6 Å². The third kappa shape index (κ3) is 1.01. The molecular weight excluding hydrogens is 100 g/mol. The lowest BCUT2D eigenvalue weighted by Crippen LogP contribution is -2.28. The zero-order valence-corrected chi connectivity index (χ0v) is 5.73. The zero-order chi connectivity index (χ0) is 6.15. The van der Waals surface area contributed by atoms with E-state index in [2.05, 4.69) is 31.4 Å². The van der Waals surface area contributed by atoms with Gasteiger partial charge in [-0.05, 0) is 20.8 Å². The second-order valence-corrected chi connectivity index (χ2v) is 2.63. The lowest BCUT2D eigenvalue weighted by Gasteiger charge is -2.05. The summed E-state index contributed by atoms with van der Waals surface area (Å²) < 4.78 is 0. The average Bonchev–Trinajstić information content (AvgIpc) is 1.85. The average molecular weight is 114 g/mol. The Morgan fingerprint density at radius 1 is 0.875 bits per heavy atom. The fraction of sp³-hybridized carbons (Fsp3) is 1.00. The highest BCUT2D eigenvalue weighted by atomic mass is 15.2. The van der Waals surface area contributed by atoms with Crippen molar-refractivity contribution in [3.63, 3.8) is 0 Å². The maximum Gasteiger partial charge on any atom is 0.0547 e. The standard InChI is InChI=1S/C6H14N2/c1-4-5(2)8-6(3)7-4/h4-8H,1-3H3/t4-,5?,6-/m1/s1. The van der Waals surface area contributed by atoms with Crippen LogP contribution in [0.4, 0.5) is 0 Å². The molecule has 1 saturated heterocycles. The maximum atomic E-state index is 3.36.